The lowest BCUT2D eigenvalue weighted by molar-refractivity contribution is 0.335. The van der Waals surface area contributed by atoms with E-state index in [1.165, 1.54) is 0 Å². The normalized spacial score (nSPS) is 21.7. The van der Waals surface area contributed by atoms with E-state index in [2.05, 4.69) is 47.5 Å². The van der Waals surface area contributed by atoms with Crippen LogP contribution in [0, 0.1) is 16.7 Å². The summed E-state index contributed by atoms with van der Waals surface area (Å²) >= 11 is 0. The quantitative estimate of drug-likeness (QED) is 0.681. The van der Waals surface area contributed by atoms with Crippen LogP contribution in [0.3, 0.4) is 0 Å². The summed E-state index contributed by atoms with van der Waals surface area (Å²) in [6.45, 7) is 6.90. The number of nitrogens with zero attached hydrogens (tertiary/aromatic N) is 3. The van der Waals surface area contributed by atoms with Crippen LogP contribution in [0.15, 0.2) is 9.98 Å². The number of nitriles is 1. The Labute approximate surface area is 96.7 Å². The van der Waals surface area contributed by atoms with Gasteiger partial charge in [-0.25, -0.2) is 0 Å². The molecule has 0 aromatic carbocycles. The molecule has 0 aliphatic carbocycles. The van der Waals surface area contributed by atoms with Crippen molar-refractivity contribution in [2.45, 2.75) is 33.1 Å². The third kappa shape index (κ3) is 3.40. The molecule has 5 nitrogen and oxygen atoms in total. The second kappa shape index (κ2) is 5.19. The summed E-state index contributed by atoms with van der Waals surface area (Å²) in [5, 5.41) is 14.6. The maximum atomic E-state index is 8.73. The Morgan fingerprint density at radius 3 is 2.69 bits per heavy atom. The van der Waals surface area contributed by atoms with Crippen LogP contribution >= 0.6 is 0 Å². The van der Waals surface area contributed by atoms with Gasteiger partial charge in [-0.3, -0.25) is 20.6 Å². The lowest BCUT2D eigenvalue weighted by Crippen LogP contribution is -2.41. The molecule has 0 bridgehead atoms. The molecule has 2 N–H and O–H groups in total. The van der Waals surface area contributed by atoms with Crippen LogP contribution in [0.4, 0.5) is 0 Å². The van der Waals surface area contributed by atoms with Crippen molar-refractivity contribution in [2.24, 2.45) is 15.4 Å². The SMILES string of the molecule is CNC(C#N)NCC1=NC(C(C)(C)C)N=C1. The third-order valence-corrected chi connectivity index (χ3v) is 2.33. The summed E-state index contributed by atoms with van der Waals surface area (Å²) in [5.74, 6) is 0. The molecule has 88 valence electrons. The molecule has 0 amide bonds. The summed E-state index contributed by atoms with van der Waals surface area (Å²) in [5.41, 5.74) is 0.950. The summed E-state index contributed by atoms with van der Waals surface area (Å²) in [6, 6.07) is 2.10. The number of nitrogens with one attached hydrogen (secondary N) is 2. The first-order chi connectivity index (χ1) is 7.47. The maximum Gasteiger partial charge on any atom is 0.148 e. The van der Waals surface area contributed by atoms with Crippen LogP contribution in [0.5, 0.6) is 0 Å². The van der Waals surface area contributed by atoms with E-state index in [0.717, 1.165) is 5.71 Å². The number of rotatable bonds is 4. The first-order valence-corrected chi connectivity index (χ1v) is 5.37. The van der Waals surface area contributed by atoms with Gasteiger partial charge < -0.3 is 0 Å². The average Bonchev–Trinajstić information content (AvgIpc) is 2.67. The molecule has 0 radical (unpaired) electrons. The van der Waals surface area contributed by atoms with E-state index >= 15 is 0 Å². The largest absolute Gasteiger partial charge is 0.293 e. The average molecular weight is 221 g/mol. The van der Waals surface area contributed by atoms with Crippen LogP contribution in [-0.2, 0) is 0 Å². The van der Waals surface area contributed by atoms with Crippen molar-refractivity contribution in [1.82, 2.24) is 10.6 Å². The van der Waals surface area contributed by atoms with Gasteiger partial charge in [-0.05, 0) is 7.05 Å². The zero-order valence-corrected chi connectivity index (χ0v) is 10.3. The molecule has 1 rings (SSSR count). The van der Waals surface area contributed by atoms with Crippen molar-refractivity contribution in [2.75, 3.05) is 13.6 Å². The lowest BCUT2D eigenvalue weighted by atomic mass is 9.93. The van der Waals surface area contributed by atoms with Crippen molar-refractivity contribution in [1.29, 1.82) is 5.26 Å². The molecule has 5 heteroatoms. The Morgan fingerprint density at radius 2 is 2.25 bits per heavy atom. The molecular formula is C11H19N5. The molecule has 2 atom stereocenters. The van der Waals surface area contributed by atoms with Crippen molar-refractivity contribution in [3.8, 4) is 6.07 Å². The monoisotopic (exact) mass is 221 g/mol. The smallest absolute Gasteiger partial charge is 0.148 e. The third-order valence-electron chi connectivity index (χ3n) is 2.33. The Hall–Kier alpha value is -1.25. The molecular weight excluding hydrogens is 202 g/mol. The molecule has 2 unspecified atom stereocenters. The molecule has 1 aliphatic heterocycles. The van der Waals surface area contributed by atoms with Crippen LogP contribution in [0.25, 0.3) is 0 Å². The predicted octanol–water partition coefficient (Wildman–Crippen LogP) is 0.543. The fourth-order valence-corrected chi connectivity index (χ4v) is 1.31. The molecule has 0 aromatic rings. The van der Waals surface area contributed by atoms with E-state index in [1.54, 1.807) is 13.3 Å². The highest BCUT2D eigenvalue weighted by atomic mass is 15.1. The van der Waals surface area contributed by atoms with Crippen LogP contribution in [-0.4, -0.2) is 37.9 Å². The zero-order valence-electron chi connectivity index (χ0n) is 10.3. The van der Waals surface area contributed by atoms with E-state index in [9.17, 15) is 0 Å². The van der Waals surface area contributed by atoms with Gasteiger partial charge in [0.15, 0.2) is 0 Å². The number of aliphatic imine (C=N–C) groups is 2. The van der Waals surface area contributed by atoms with E-state index in [4.69, 9.17) is 5.26 Å². The highest BCUT2D eigenvalue weighted by molar-refractivity contribution is 6.32. The zero-order chi connectivity index (χ0) is 12.2. The first-order valence-electron chi connectivity index (χ1n) is 5.37. The van der Waals surface area contributed by atoms with E-state index in [-0.39, 0.29) is 17.7 Å². The van der Waals surface area contributed by atoms with Gasteiger partial charge in [0, 0.05) is 18.2 Å². The van der Waals surface area contributed by atoms with Gasteiger partial charge in [-0.2, -0.15) is 5.26 Å². The van der Waals surface area contributed by atoms with Gasteiger partial charge in [-0.15, -0.1) is 0 Å². The summed E-state index contributed by atoms with van der Waals surface area (Å²) in [6.07, 6.45) is 1.44. The highest BCUT2D eigenvalue weighted by Crippen LogP contribution is 2.25. The maximum absolute atomic E-state index is 8.73. The van der Waals surface area contributed by atoms with Crippen molar-refractivity contribution >= 4 is 11.9 Å². The van der Waals surface area contributed by atoms with Gasteiger partial charge in [-0.1, -0.05) is 20.8 Å². The minimum absolute atomic E-state index is 0.000536. The van der Waals surface area contributed by atoms with E-state index in [0.29, 0.717) is 6.54 Å². The molecule has 0 aromatic heterocycles. The number of hydrogen-bond acceptors (Lipinski definition) is 5. The van der Waals surface area contributed by atoms with Crippen molar-refractivity contribution in [3.05, 3.63) is 0 Å². The lowest BCUT2D eigenvalue weighted by Gasteiger charge is -2.21. The predicted molar refractivity (Wildman–Crippen MR) is 65.6 cm³/mol. The minimum Gasteiger partial charge on any atom is -0.293 e. The van der Waals surface area contributed by atoms with E-state index < -0.39 is 0 Å². The van der Waals surface area contributed by atoms with Crippen LogP contribution in [0.1, 0.15) is 20.8 Å². The topological polar surface area (TPSA) is 72.6 Å². The summed E-state index contributed by atoms with van der Waals surface area (Å²) in [7, 11) is 1.74. The van der Waals surface area contributed by atoms with Crippen molar-refractivity contribution < 1.29 is 0 Å². The summed E-state index contributed by atoms with van der Waals surface area (Å²) in [4.78, 5) is 8.84. The van der Waals surface area contributed by atoms with Crippen LogP contribution < -0.4 is 10.6 Å². The molecule has 0 spiro atoms. The minimum atomic E-state index is -0.343. The Morgan fingerprint density at radius 1 is 1.56 bits per heavy atom. The van der Waals surface area contributed by atoms with Gasteiger partial charge in [0.25, 0.3) is 0 Å². The molecule has 0 fully saturated rings. The van der Waals surface area contributed by atoms with Crippen LogP contribution in [0.2, 0.25) is 0 Å². The molecule has 0 saturated heterocycles. The molecule has 16 heavy (non-hydrogen) atoms. The number of hydrogen-bond donors (Lipinski definition) is 2. The Bertz CT molecular complexity index is 331. The molecule has 1 aliphatic rings. The summed E-state index contributed by atoms with van der Waals surface area (Å²) < 4.78 is 0. The second-order valence-corrected chi connectivity index (χ2v) is 4.87. The van der Waals surface area contributed by atoms with Gasteiger partial charge >= 0.3 is 0 Å². The second-order valence-electron chi connectivity index (χ2n) is 4.87. The molecule has 0 saturated carbocycles. The first kappa shape index (κ1) is 12.8. The van der Waals surface area contributed by atoms with Crippen molar-refractivity contribution in [3.63, 3.8) is 0 Å². The Balaban J connectivity index is 2.48. The highest BCUT2D eigenvalue weighted by Gasteiger charge is 2.26. The Kier molecular flexibility index (Phi) is 4.16. The van der Waals surface area contributed by atoms with Gasteiger partial charge in [0.2, 0.25) is 0 Å². The standard InChI is InChI=1S/C11H19N5/c1-11(2,3)10-15-7-8(16-10)6-14-9(5-12)13-4/h7,9-10,13-14H,6H2,1-4H3. The fourth-order valence-electron chi connectivity index (χ4n) is 1.31. The molecule has 1 heterocycles. The van der Waals surface area contributed by atoms with Gasteiger partial charge in [0.05, 0.1) is 11.8 Å². The fraction of sp³-hybridized carbons (Fsp3) is 0.727. The van der Waals surface area contributed by atoms with Gasteiger partial charge in [0.1, 0.15) is 12.3 Å². The van der Waals surface area contributed by atoms with E-state index in [1.807, 2.05) is 0 Å².